The molecule has 2 aromatic rings. The van der Waals surface area contributed by atoms with Gasteiger partial charge in [0.2, 0.25) is 5.91 Å². The highest BCUT2D eigenvalue weighted by molar-refractivity contribution is 5.76. The summed E-state index contributed by atoms with van der Waals surface area (Å²) in [5.74, 6) is 0.196. The van der Waals surface area contributed by atoms with E-state index in [1.165, 1.54) is 25.9 Å². The van der Waals surface area contributed by atoms with Gasteiger partial charge in [0.05, 0.1) is 24.5 Å². The zero-order valence-electron chi connectivity index (χ0n) is 14.4. The minimum atomic E-state index is 0.196. The van der Waals surface area contributed by atoms with E-state index < -0.39 is 0 Å². The molecule has 1 saturated heterocycles. The molecule has 0 saturated carbocycles. The molecule has 2 aliphatic rings. The average molecular weight is 344 g/mol. The van der Waals surface area contributed by atoms with Crippen LogP contribution in [0.15, 0.2) is 12.4 Å². The molecule has 0 atom stereocenters. The molecule has 0 N–H and O–H groups in total. The molecule has 9 nitrogen and oxygen atoms in total. The number of tetrazole rings is 1. The van der Waals surface area contributed by atoms with Crippen molar-refractivity contribution in [1.82, 2.24) is 39.8 Å². The maximum atomic E-state index is 12.4. The molecule has 1 amide bonds. The van der Waals surface area contributed by atoms with Crippen LogP contribution in [0.25, 0.3) is 0 Å². The molecule has 0 unspecified atom stereocenters. The second-order valence-corrected chi connectivity index (χ2v) is 6.83. The third kappa shape index (κ3) is 3.87. The van der Waals surface area contributed by atoms with Crippen LogP contribution in [0.2, 0.25) is 0 Å². The number of aryl methyl sites for hydroxylation is 1. The predicted molar refractivity (Wildman–Crippen MR) is 89.2 cm³/mol. The van der Waals surface area contributed by atoms with Crippen molar-refractivity contribution >= 4 is 5.91 Å². The number of rotatable bonds is 6. The minimum Gasteiger partial charge on any atom is -0.335 e. The van der Waals surface area contributed by atoms with Gasteiger partial charge in [-0.1, -0.05) is 0 Å². The molecule has 1 fully saturated rings. The van der Waals surface area contributed by atoms with E-state index >= 15 is 0 Å². The van der Waals surface area contributed by atoms with E-state index in [2.05, 4.69) is 31.2 Å². The molecule has 2 aliphatic heterocycles. The summed E-state index contributed by atoms with van der Waals surface area (Å²) in [5.41, 5.74) is 2.28. The lowest BCUT2D eigenvalue weighted by Crippen LogP contribution is -2.38. The Morgan fingerprint density at radius 3 is 2.84 bits per heavy atom. The first-order chi connectivity index (χ1) is 12.3. The van der Waals surface area contributed by atoms with E-state index in [0.717, 1.165) is 37.4 Å². The molecular weight excluding hydrogens is 320 g/mol. The molecule has 0 aliphatic carbocycles. The van der Waals surface area contributed by atoms with Crippen LogP contribution in [0.5, 0.6) is 0 Å². The highest BCUT2D eigenvalue weighted by Crippen LogP contribution is 2.18. The maximum Gasteiger partial charge on any atom is 0.223 e. The zero-order chi connectivity index (χ0) is 17.1. The van der Waals surface area contributed by atoms with Crippen LogP contribution in [0.1, 0.15) is 37.1 Å². The smallest absolute Gasteiger partial charge is 0.223 e. The Morgan fingerprint density at radius 2 is 2.04 bits per heavy atom. The number of hydrogen-bond acceptors (Lipinski definition) is 6. The van der Waals surface area contributed by atoms with Gasteiger partial charge in [0.25, 0.3) is 0 Å². The van der Waals surface area contributed by atoms with Gasteiger partial charge in [-0.3, -0.25) is 14.4 Å². The number of aromatic nitrogens is 6. The van der Waals surface area contributed by atoms with Crippen molar-refractivity contribution in [1.29, 1.82) is 0 Å². The van der Waals surface area contributed by atoms with E-state index in [1.807, 2.05) is 4.90 Å². The quantitative estimate of drug-likeness (QED) is 0.749. The van der Waals surface area contributed by atoms with Crippen molar-refractivity contribution in [3.05, 3.63) is 23.8 Å². The molecule has 25 heavy (non-hydrogen) atoms. The van der Waals surface area contributed by atoms with Crippen LogP contribution in [-0.4, -0.2) is 65.3 Å². The van der Waals surface area contributed by atoms with E-state index in [-0.39, 0.29) is 5.91 Å². The van der Waals surface area contributed by atoms with E-state index in [1.54, 1.807) is 11.0 Å². The van der Waals surface area contributed by atoms with Crippen LogP contribution in [-0.2, 0) is 31.0 Å². The highest BCUT2D eigenvalue weighted by Gasteiger charge is 2.23. The summed E-state index contributed by atoms with van der Waals surface area (Å²) < 4.78 is 3.72. The van der Waals surface area contributed by atoms with E-state index in [0.29, 0.717) is 19.5 Å². The molecule has 4 rings (SSSR count). The second kappa shape index (κ2) is 7.30. The Morgan fingerprint density at radius 1 is 1.16 bits per heavy atom. The number of likely N-dealkylation sites (tertiary alicyclic amines) is 1. The number of carbonyl (C=O) groups excluding carboxylic acids is 1. The third-order valence-electron chi connectivity index (χ3n) is 4.95. The van der Waals surface area contributed by atoms with Crippen molar-refractivity contribution in [2.45, 2.75) is 51.9 Å². The van der Waals surface area contributed by atoms with Crippen molar-refractivity contribution in [2.75, 3.05) is 19.6 Å². The van der Waals surface area contributed by atoms with Crippen molar-refractivity contribution in [3.8, 4) is 0 Å². The molecule has 0 spiro atoms. The van der Waals surface area contributed by atoms with Crippen LogP contribution in [0, 0.1) is 0 Å². The van der Waals surface area contributed by atoms with Gasteiger partial charge in [-0.25, -0.2) is 4.68 Å². The van der Waals surface area contributed by atoms with Gasteiger partial charge >= 0.3 is 0 Å². The SMILES string of the molecule is O=C(CCCn1cnnn1)N1CCn2nc(CN3CCCC3)cc2C1. The van der Waals surface area contributed by atoms with Crippen LogP contribution in [0.3, 0.4) is 0 Å². The normalized spacial score (nSPS) is 17.8. The van der Waals surface area contributed by atoms with Gasteiger partial charge in [0.15, 0.2) is 0 Å². The minimum absolute atomic E-state index is 0.196. The molecule has 0 bridgehead atoms. The lowest BCUT2D eigenvalue weighted by molar-refractivity contribution is -0.132. The number of nitrogens with zero attached hydrogens (tertiary/aromatic N) is 8. The summed E-state index contributed by atoms with van der Waals surface area (Å²) in [6.45, 7) is 6.14. The Bertz CT molecular complexity index is 704. The van der Waals surface area contributed by atoms with Gasteiger partial charge in [-0.05, 0) is 48.8 Å². The van der Waals surface area contributed by atoms with Gasteiger partial charge < -0.3 is 4.90 Å². The lowest BCUT2D eigenvalue weighted by atomic mass is 10.2. The Kier molecular flexibility index (Phi) is 4.73. The lowest BCUT2D eigenvalue weighted by Gasteiger charge is -2.27. The zero-order valence-corrected chi connectivity index (χ0v) is 14.4. The molecule has 0 radical (unpaired) electrons. The molecular formula is C16H24N8O. The summed E-state index contributed by atoms with van der Waals surface area (Å²) in [6, 6.07) is 2.17. The van der Waals surface area contributed by atoms with E-state index in [9.17, 15) is 4.79 Å². The predicted octanol–water partition coefficient (Wildman–Crippen LogP) is 0.288. The van der Waals surface area contributed by atoms with Crippen molar-refractivity contribution in [3.63, 3.8) is 0 Å². The summed E-state index contributed by atoms with van der Waals surface area (Å²) in [5, 5.41) is 15.7. The first kappa shape index (κ1) is 16.2. The standard InChI is InChI=1S/C16H24N8O/c25-16(4-3-7-23-13-17-19-20-23)22-8-9-24-15(12-22)10-14(18-24)11-21-5-1-2-6-21/h10,13H,1-9,11-12H2. The molecule has 9 heteroatoms. The van der Waals surface area contributed by atoms with Crippen LogP contribution in [0.4, 0.5) is 0 Å². The average Bonchev–Trinajstić information content (AvgIpc) is 3.35. The van der Waals surface area contributed by atoms with Crippen molar-refractivity contribution in [2.24, 2.45) is 0 Å². The number of amides is 1. The fraction of sp³-hybridized carbons (Fsp3) is 0.688. The van der Waals surface area contributed by atoms with Crippen molar-refractivity contribution < 1.29 is 4.79 Å². The fourth-order valence-corrected chi connectivity index (χ4v) is 3.62. The summed E-state index contributed by atoms with van der Waals surface area (Å²) in [7, 11) is 0. The summed E-state index contributed by atoms with van der Waals surface area (Å²) in [6.07, 6.45) is 5.43. The molecule has 134 valence electrons. The Balaban J connectivity index is 1.29. The largest absolute Gasteiger partial charge is 0.335 e. The monoisotopic (exact) mass is 344 g/mol. The number of hydrogen-bond donors (Lipinski definition) is 0. The molecule has 0 aromatic carbocycles. The molecule has 2 aromatic heterocycles. The van der Waals surface area contributed by atoms with Crippen LogP contribution < -0.4 is 0 Å². The topological polar surface area (TPSA) is 85.0 Å². The van der Waals surface area contributed by atoms with Gasteiger partial charge in [-0.15, -0.1) is 5.10 Å². The number of carbonyl (C=O) groups is 1. The van der Waals surface area contributed by atoms with Gasteiger partial charge in [0.1, 0.15) is 6.33 Å². The second-order valence-electron chi connectivity index (χ2n) is 6.83. The first-order valence-corrected chi connectivity index (χ1v) is 9.04. The summed E-state index contributed by atoms with van der Waals surface area (Å²) in [4.78, 5) is 16.8. The Labute approximate surface area is 146 Å². The maximum absolute atomic E-state index is 12.4. The highest BCUT2D eigenvalue weighted by atomic mass is 16.2. The first-order valence-electron chi connectivity index (χ1n) is 9.04. The third-order valence-corrected chi connectivity index (χ3v) is 4.95. The van der Waals surface area contributed by atoms with Crippen LogP contribution >= 0.6 is 0 Å². The summed E-state index contributed by atoms with van der Waals surface area (Å²) >= 11 is 0. The van der Waals surface area contributed by atoms with E-state index in [4.69, 9.17) is 5.10 Å². The van der Waals surface area contributed by atoms with Gasteiger partial charge in [0, 0.05) is 26.1 Å². The van der Waals surface area contributed by atoms with Gasteiger partial charge in [-0.2, -0.15) is 5.10 Å². The fourth-order valence-electron chi connectivity index (χ4n) is 3.62. The Hall–Kier alpha value is -2.29. The molecule has 4 heterocycles. The number of fused-ring (bicyclic) bond motifs is 1.